The summed E-state index contributed by atoms with van der Waals surface area (Å²) in [5, 5.41) is 0. The van der Waals surface area contributed by atoms with Crippen LogP contribution in [0.25, 0.3) is 0 Å². The number of hydroxylamine groups is 1. The average Bonchev–Trinajstić information content (AvgIpc) is 1.96. The summed E-state index contributed by atoms with van der Waals surface area (Å²) >= 11 is 0. The Bertz CT molecular complexity index is 177. The molecule has 0 bridgehead atoms. The van der Waals surface area contributed by atoms with Crippen molar-refractivity contribution in [3.8, 4) is 0 Å². The van der Waals surface area contributed by atoms with Gasteiger partial charge in [-0.15, -0.1) is 0 Å². The van der Waals surface area contributed by atoms with E-state index >= 15 is 0 Å². The van der Waals surface area contributed by atoms with Crippen LogP contribution in [0.1, 0.15) is 53.9 Å². The molecule has 0 aromatic heterocycles. The summed E-state index contributed by atoms with van der Waals surface area (Å²) in [6.07, 6.45) is 4.09. The highest BCUT2D eigenvalue weighted by molar-refractivity contribution is 4.85. The Hall–Kier alpha value is -0.0800. The first kappa shape index (κ1) is 12.0. The number of rotatable bonds is 3. The van der Waals surface area contributed by atoms with Crippen LogP contribution in [-0.2, 0) is 4.84 Å². The van der Waals surface area contributed by atoms with Crippen molar-refractivity contribution in [3.63, 3.8) is 0 Å². The quantitative estimate of drug-likeness (QED) is 0.705. The zero-order valence-corrected chi connectivity index (χ0v) is 10.3. The summed E-state index contributed by atoms with van der Waals surface area (Å²) in [7, 11) is 0. The van der Waals surface area contributed by atoms with Crippen LogP contribution >= 0.6 is 0 Å². The first-order chi connectivity index (χ1) is 6.39. The second kappa shape index (κ2) is 4.63. The van der Waals surface area contributed by atoms with Crippen LogP contribution in [0.15, 0.2) is 0 Å². The van der Waals surface area contributed by atoms with Gasteiger partial charge in [-0.3, -0.25) is 4.84 Å². The maximum atomic E-state index is 5.47. The van der Waals surface area contributed by atoms with Crippen molar-refractivity contribution in [2.75, 3.05) is 0 Å². The first-order valence-corrected chi connectivity index (χ1v) is 5.80. The lowest BCUT2D eigenvalue weighted by atomic mass is 9.71. The zero-order valence-electron chi connectivity index (χ0n) is 10.3. The molecule has 0 aromatic rings. The molecule has 0 saturated heterocycles. The Morgan fingerprint density at radius 2 is 1.93 bits per heavy atom. The van der Waals surface area contributed by atoms with Gasteiger partial charge in [0.2, 0.25) is 0 Å². The van der Waals surface area contributed by atoms with Crippen molar-refractivity contribution >= 4 is 0 Å². The minimum atomic E-state index is 0.273. The van der Waals surface area contributed by atoms with E-state index in [9.17, 15) is 0 Å². The zero-order chi connectivity index (χ0) is 10.8. The number of hydrogen-bond donors (Lipinski definition) is 1. The summed E-state index contributed by atoms with van der Waals surface area (Å²) in [4.78, 5) is 5.47. The molecule has 0 amide bonds. The highest BCUT2D eigenvalue weighted by Gasteiger charge is 2.32. The van der Waals surface area contributed by atoms with Crippen LogP contribution in [0.4, 0.5) is 0 Å². The molecule has 1 aliphatic carbocycles. The van der Waals surface area contributed by atoms with E-state index in [4.69, 9.17) is 4.84 Å². The van der Waals surface area contributed by atoms with Gasteiger partial charge in [0.25, 0.3) is 0 Å². The van der Waals surface area contributed by atoms with Crippen LogP contribution in [0.2, 0.25) is 0 Å². The Morgan fingerprint density at radius 1 is 1.29 bits per heavy atom. The molecule has 2 unspecified atom stereocenters. The lowest BCUT2D eigenvalue weighted by molar-refractivity contribution is -0.0484. The molecule has 84 valence electrons. The minimum absolute atomic E-state index is 0.273. The highest BCUT2D eigenvalue weighted by Crippen LogP contribution is 2.38. The molecule has 1 N–H and O–H groups in total. The van der Waals surface area contributed by atoms with Gasteiger partial charge in [-0.05, 0) is 44.4 Å². The smallest absolute Gasteiger partial charge is 0.0734 e. The van der Waals surface area contributed by atoms with E-state index in [1.54, 1.807) is 0 Å². The SMILES string of the molecule is CC1CC(NOC(C)C)CC(C)(C)C1. The topological polar surface area (TPSA) is 21.3 Å². The third-order valence-electron chi connectivity index (χ3n) is 2.86. The summed E-state index contributed by atoms with van der Waals surface area (Å²) in [5.41, 5.74) is 3.67. The highest BCUT2D eigenvalue weighted by atomic mass is 16.7. The predicted octanol–water partition coefficient (Wildman–Crippen LogP) is 3.13. The van der Waals surface area contributed by atoms with E-state index in [2.05, 4.69) is 40.1 Å². The molecule has 0 aromatic carbocycles. The number of hydrogen-bond acceptors (Lipinski definition) is 2. The van der Waals surface area contributed by atoms with E-state index in [-0.39, 0.29) is 6.10 Å². The molecule has 1 fully saturated rings. The Kier molecular flexibility index (Phi) is 3.96. The van der Waals surface area contributed by atoms with Crippen LogP contribution in [-0.4, -0.2) is 12.1 Å². The second-order valence-electron chi connectivity index (χ2n) is 5.89. The fourth-order valence-electron chi connectivity index (χ4n) is 2.67. The Balaban J connectivity index is 2.38. The van der Waals surface area contributed by atoms with Crippen molar-refractivity contribution in [3.05, 3.63) is 0 Å². The summed E-state index contributed by atoms with van der Waals surface area (Å²) < 4.78 is 0. The molecule has 14 heavy (non-hydrogen) atoms. The largest absolute Gasteiger partial charge is 0.299 e. The van der Waals surface area contributed by atoms with Crippen molar-refractivity contribution in [1.29, 1.82) is 0 Å². The molecule has 0 radical (unpaired) electrons. The van der Waals surface area contributed by atoms with E-state index in [1.807, 2.05) is 0 Å². The molecule has 0 spiro atoms. The minimum Gasteiger partial charge on any atom is -0.299 e. The maximum absolute atomic E-state index is 5.47. The second-order valence-corrected chi connectivity index (χ2v) is 5.89. The molecular weight excluding hydrogens is 174 g/mol. The molecule has 2 atom stereocenters. The average molecular weight is 199 g/mol. The fraction of sp³-hybridized carbons (Fsp3) is 1.00. The third kappa shape index (κ3) is 3.97. The number of nitrogens with one attached hydrogen (secondary N) is 1. The monoisotopic (exact) mass is 199 g/mol. The Labute approximate surface area is 88.4 Å². The molecule has 2 heteroatoms. The molecule has 0 aliphatic heterocycles. The fourth-order valence-corrected chi connectivity index (χ4v) is 2.67. The van der Waals surface area contributed by atoms with Crippen molar-refractivity contribution in [2.24, 2.45) is 11.3 Å². The van der Waals surface area contributed by atoms with Gasteiger partial charge in [0.1, 0.15) is 0 Å². The molecule has 1 aliphatic rings. The normalized spacial score (nSPS) is 32.1. The standard InChI is InChI=1S/C12H25NO/c1-9(2)14-13-11-6-10(3)7-12(4,5)8-11/h9-11,13H,6-8H2,1-5H3. The van der Waals surface area contributed by atoms with Gasteiger partial charge in [0.15, 0.2) is 0 Å². The van der Waals surface area contributed by atoms with Crippen LogP contribution < -0.4 is 5.48 Å². The maximum Gasteiger partial charge on any atom is 0.0734 e. The third-order valence-corrected chi connectivity index (χ3v) is 2.86. The molecule has 1 rings (SSSR count). The Morgan fingerprint density at radius 3 is 2.43 bits per heavy atom. The predicted molar refractivity (Wildman–Crippen MR) is 59.9 cm³/mol. The summed E-state index contributed by atoms with van der Waals surface area (Å²) in [6, 6.07) is 0.538. The van der Waals surface area contributed by atoms with Gasteiger partial charge < -0.3 is 0 Å². The van der Waals surface area contributed by atoms with Gasteiger partial charge in [-0.2, -0.15) is 5.48 Å². The van der Waals surface area contributed by atoms with Gasteiger partial charge in [0.05, 0.1) is 6.10 Å². The first-order valence-electron chi connectivity index (χ1n) is 5.80. The van der Waals surface area contributed by atoms with Crippen molar-refractivity contribution in [2.45, 2.75) is 66.0 Å². The molecule has 0 heterocycles. The van der Waals surface area contributed by atoms with Gasteiger partial charge in [-0.1, -0.05) is 20.8 Å². The summed E-state index contributed by atoms with van der Waals surface area (Å²) in [5.74, 6) is 0.812. The van der Waals surface area contributed by atoms with Crippen LogP contribution in [0.3, 0.4) is 0 Å². The molecular formula is C12H25NO. The van der Waals surface area contributed by atoms with Crippen molar-refractivity contribution in [1.82, 2.24) is 5.48 Å². The lowest BCUT2D eigenvalue weighted by Crippen LogP contribution is -2.41. The van der Waals surface area contributed by atoms with Gasteiger partial charge in [0, 0.05) is 6.04 Å². The lowest BCUT2D eigenvalue weighted by Gasteiger charge is -2.39. The van der Waals surface area contributed by atoms with Crippen LogP contribution in [0.5, 0.6) is 0 Å². The van der Waals surface area contributed by atoms with Crippen molar-refractivity contribution < 1.29 is 4.84 Å². The van der Waals surface area contributed by atoms with E-state index in [1.165, 1.54) is 19.3 Å². The molecule has 1 saturated carbocycles. The van der Waals surface area contributed by atoms with Gasteiger partial charge in [-0.25, -0.2) is 0 Å². The molecule has 2 nitrogen and oxygen atoms in total. The van der Waals surface area contributed by atoms with E-state index in [0.29, 0.717) is 11.5 Å². The summed E-state index contributed by atoms with van der Waals surface area (Å²) in [6.45, 7) is 11.2. The van der Waals surface area contributed by atoms with E-state index in [0.717, 1.165) is 5.92 Å². The van der Waals surface area contributed by atoms with Crippen LogP contribution in [0, 0.1) is 11.3 Å². The van der Waals surface area contributed by atoms with E-state index < -0.39 is 0 Å². The van der Waals surface area contributed by atoms with Gasteiger partial charge >= 0.3 is 0 Å².